The van der Waals surface area contributed by atoms with E-state index >= 15 is 0 Å². The van der Waals surface area contributed by atoms with E-state index in [4.69, 9.17) is 17.3 Å². The number of pyridine rings is 1. The molecule has 1 fully saturated rings. The molecular weight excluding hydrogens is 238 g/mol. The zero-order chi connectivity index (χ0) is 12.4. The van der Waals surface area contributed by atoms with Crippen molar-refractivity contribution >= 4 is 23.3 Å². The van der Waals surface area contributed by atoms with Gasteiger partial charge in [0, 0.05) is 12.2 Å². The van der Waals surface area contributed by atoms with Crippen LogP contribution >= 0.6 is 11.6 Å². The van der Waals surface area contributed by atoms with Crippen molar-refractivity contribution in [3.05, 3.63) is 22.8 Å². The standard InChI is InChI=1S/C12H16ClN3O/c1-2-3-7-5-10(7)16-12(17)8-4-9(13)11(14)15-6-8/h4,6-7,10H,2-3,5H2,1H3,(H2,14,15)(H,16,17). The molecule has 2 rings (SSSR count). The van der Waals surface area contributed by atoms with Crippen LogP contribution in [0.5, 0.6) is 0 Å². The molecule has 1 aliphatic carbocycles. The molecule has 0 bridgehead atoms. The zero-order valence-electron chi connectivity index (χ0n) is 9.74. The van der Waals surface area contributed by atoms with Gasteiger partial charge in [0.2, 0.25) is 0 Å². The van der Waals surface area contributed by atoms with Gasteiger partial charge in [0.05, 0.1) is 10.6 Å². The minimum absolute atomic E-state index is 0.122. The van der Waals surface area contributed by atoms with Crippen LogP contribution in [0.1, 0.15) is 36.5 Å². The maximum atomic E-state index is 11.9. The number of nitrogens with one attached hydrogen (secondary N) is 1. The lowest BCUT2D eigenvalue weighted by Gasteiger charge is -2.05. The van der Waals surface area contributed by atoms with Gasteiger partial charge in [-0.3, -0.25) is 4.79 Å². The van der Waals surface area contributed by atoms with Gasteiger partial charge in [-0.1, -0.05) is 24.9 Å². The van der Waals surface area contributed by atoms with Crippen molar-refractivity contribution in [2.75, 3.05) is 5.73 Å². The summed E-state index contributed by atoms with van der Waals surface area (Å²) in [5.74, 6) is 0.766. The Morgan fingerprint density at radius 1 is 1.71 bits per heavy atom. The second-order valence-electron chi connectivity index (χ2n) is 4.46. The molecule has 2 unspecified atom stereocenters. The third-order valence-electron chi connectivity index (χ3n) is 3.03. The molecule has 4 nitrogen and oxygen atoms in total. The molecule has 0 saturated heterocycles. The lowest BCUT2D eigenvalue weighted by Crippen LogP contribution is -2.27. The predicted molar refractivity (Wildman–Crippen MR) is 67.9 cm³/mol. The van der Waals surface area contributed by atoms with Crippen LogP contribution < -0.4 is 11.1 Å². The summed E-state index contributed by atoms with van der Waals surface area (Å²) in [7, 11) is 0. The van der Waals surface area contributed by atoms with Gasteiger partial charge in [-0.2, -0.15) is 0 Å². The molecule has 17 heavy (non-hydrogen) atoms. The molecule has 1 heterocycles. The smallest absolute Gasteiger partial charge is 0.253 e. The van der Waals surface area contributed by atoms with E-state index < -0.39 is 0 Å². The average Bonchev–Trinajstić information content (AvgIpc) is 3.01. The number of nitrogens with zero attached hydrogens (tertiary/aromatic N) is 1. The highest BCUT2D eigenvalue weighted by molar-refractivity contribution is 6.33. The first-order valence-electron chi connectivity index (χ1n) is 5.83. The summed E-state index contributed by atoms with van der Waals surface area (Å²) in [6.07, 6.45) is 4.86. The van der Waals surface area contributed by atoms with Crippen LogP contribution in [0.2, 0.25) is 5.02 Å². The van der Waals surface area contributed by atoms with Crippen molar-refractivity contribution in [2.45, 2.75) is 32.2 Å². The van der Waals surface area contributed by atoms with Gasteiger partial charge in [-0.15, -0.1) is 0 Å². The van der Waals surface area contributed by atoms with Crippen molar-refractivity contribution < 1.29 is 4.79 Å². The molecule has 1 aromatic heterocycles. The lowest BCUT2D eigenvalue weighted by molar-refractivity contribution is 0.0948. The fourth-order valence-corrected chi connectivity index (χ4v) is 2.10. The van der Waals surface area contributed by atoms with Crippen LogP contribution in [0.15, 0.2) is 12.3 Å². The molecule has 3 N–H and O–H groups in total. The molecule has 1 aromatic rings. The number of nitrogens with two attached hydrogens (primary N) is 1. The molecule has 0 radical (unpaired) electrons. The first kappa shape index (κ1) is 12.2. The summed E-state index contributed by atoms with van der Waals surface area (Å²) in [5.41, 5.74) is 5.95. The van der Waals surface area contributed by atoms with Crippen LogP contribution in [0, 0.1) is 5.92 Å². The number of aromatic nitrogens is 1. The normalized spacial score (nSPS) is 22.2. The van der Waals surface area contributed by atoms with Gasteiger partial charge >= 0.3 is 0 Å². The molecule has 92 valence electrons. The average molecular weight is 254 g/mol. The Labute approximate surface area is 106 Å². The first-order chi connectivity index (χ1) is 8.11. The molecule has 1 saturated carbocycles. The first-order valence-corrected chi connectivity index (χ1v) is 6.21. The van der Waals surface area contributed by atoms with E-state index in [1.165, 1.54) is 12.6 Å². The van der Waals surface area contributed by atoms with Gasteiger partial charge in [0.25, 0.3) is 5.91 Å². The fourth-order valence-electron chi connectivity index (χ4n) is 1.94. The van der Waals surface area contributed by atoms with Gasteiger partial charge in [0.1, 0.15) is 5.82 Å². The number of anilines is 1. The maximum Gasteiger partial charge on any atom is 0.253 e. The second-order valence-corrected chi connectivity index (χ2v) is 4.86. The largest absolute Gasteiger partial charge is 0.382 e. The second kappa shape index (κ2) is 4.92. The number of carbonyl (C=O) groups excluding carboxylic acids is 1. The van der Waals surface area contributed by atoms with Crippen LogP contribution in [0.3, 0.4) is 0 Å². The molecule has 0 aliphatic heterocycles. The van der Waals surface area contributed by atoms with Crippen LogP contribution in [-0.2, 0) is 0 Å². The van der Waals surface area contributed by atoms with E-state index in [0.717, 1.165) is 12.8 Å². The molecular formula is C12H16ClN3O. The van der Waals surface area contributed by atoms with Gasteiger partial charge in [-0.25, -0.2) is 4.98 Å². The minimum Gasteiger partial charge on any atom is -0.382 e. The van der Waals surface area contributed by atoms with Gasteiger partial charge in [-0.05, 0) is 24.8 Å². The van der Waals surface area contributed by atoms with Crippen molar-refractivity contribution in [2.24, 2.45) is 5.92 Å². The van der Waals surface area contributed by atoms with Crippen molar-refractivity contribution in [1.82, 2.24) is 10.3 Å². The van der Waals surface area contributed by atoms with E-state index in [9.17, 15) is 4.79 Å². The predicted octanol–water partition coefficient (Wildman–Crippen LogP) is 2.24. The Kier molecular flexibility index (Phi) is 3.52. The van der Waals surface area contributed by atoms with Gasteiger partial charge < -0.3 is 11.1 Å². The molecule has 0 spiro atoms. The highest BCUT2D eigenvalue weighted by Crippen LogP contribution is 2.34. The Bertz CT molecular complexity index is 436. The highest BCUT2D eigenvalue weighted by atomic mass is 35.5. The number of nitrogen functional groups attached to an aromatic ring is 1. The Morgan fingerprint density at radius 3 is 3.12 bits per heavy atom. The van der Waals surface area contributed by atoms with Crippen LogP contribution in [0.25, 0.3) is 0 Å². The van der Waals surface area contributed by atoms with Gasteiger partial charge in [0.15, 0.2) is 0 Å². The summed E-state index contributed by atoms with van der Waals surface area (Å²) in [5, 5.41) is 3.29. The van der Waals surface area contributed by atoms with Crippen LogP contribution in [-0.4, -0.2) is 16.9 Å². The Balaban J connectivity index is 1.94. The quantitative estimate of drug-likeness (QED) is 0.865. The number of hydrogen-bond donors (Lipinski definition) is 2. The van der Waals surface area contributed by atoms with E-state index in [1.807, 2.05) is 0 Å². The number of carbonyl (C=O) groups is 1. The summed E-state index contributed by atoms with van der Waals surface area (Å²) < 4.78 is 0. The maximum absolute atomic E-state index is 11.9. The van der Waals surface area contributed by atoms with E-state index in [-0.39, 0.29) is 11.7 Å². The summed E-state index contributed by atoms with van der Waals surface area (Å²) in [4.78, 5) is 15.7. The molecule has 2 atom stereocenters. The van der Waals surface area contributed by atoms with Crippen molar-refractivity contribution in [3.8, 4) is 0 Å². The molecule has 1 aliphatic rings. The number of rotatable bonds is 4. The highest BCUT2D eigenvalue weighted by Gasteiger charge is 2.37. The molecule has 1 amide bonds. The Morgan fingerprint density at radius 2 is 2.47 bits per heavy atom. The minimum atomic E-state index is -0.122. The van der Waals surface area contributed by atoms with Crippen LogP contribution in [0.4, 0.5) is 5.82 Å². The summed E-state index contributed by atoms with van der Waals surface area (Å²) >= 11 is 5.82. The summed E-state index contributed by atoms with van der Waals surface area (Å²) in [6.45, 7) is 2.15. The molecule has 0 aromatic carbocycles. The topological polar surface area (TPSA) is 68.0 Å². The number of amides is 1. The van der Waals surface area contributed by atoms with E-state index in [0.29, 0.717) is 22.5 Å². The monoisotopic (exact) mass is 253 g/mol. The van der Waals surface area contributed by atoms with E-state index in [2.05, 4.69) is 17.2 Å². The van der Waals surface area contributed by atoms with E-state index in [1.54, 1.807) is 6.07 Å². The number of hydrogen-bond acceptors (Lipinski definition) is 3. The van der Waals surface area contributed by atoms with Crippen molar-refractivity contribution in [3.63, 3.8) is 0 Å². The SMILES string of the molecule is CCCC1CC1NC(=O)c1cnc(N)c(Cl)c1. The Hall–Kier alpha value is -1.29. The third-order valence-corrected chi connectivity index (χ3v) is 3.33. The zero-order valence-corrected chi connectivity index (χ0v) is 10.5. The third kappa shape index (κ3) is 2.88. The fraction of sp³-hybridized carbons (Fsp3) is 0.500. The lowest BCUT2D eigenvalue weighted by atomic mass is 10.2. The van der Waals surface area contributed by atoms with Crippen molar-refractivity contribution in [1.29, 1.82) is 0 Å². The number of halogens is 1. The molecule has 5 heteroatoms. The summed E-state index contributed by atoms with van der Waals surface area (Å²) in [6, 6.07) is 1.87.